The Hall–Kier alpha value is -1.42. The molecule has 4 heteroatoms. The number of nitrogens with two attached hydrogens (primary N) is 1. The molecular weight excluding hydrogens is 218 g/mol. The highest BCUT2D eigenvalue weighted by molar-refractivity contribution is 5.42. The Kier molecular flexibility index (Phi) is 5.63. The summed E-state index contributed by atoms with van der Waals surface area (Å²) in [6.07, 6.45) is 2.02. The third-order valence-electron chi connectivity index (χ3n) is 2.50. The van der Waals surface area contributed by atoms with Gasteiger partial charge in [-0.25, -0.2) is 0 Å². The molecule has 1 atom stereocenters. The van der Waals surface area contributed by atoms with Crippen molar-refractivity contribution in [3.63, 3.8) is 0 Å². The zero-order chi connectivity index (χ0) is 12.7. The normalized spacial score (nSPS) is 12.0. The summed E-state index contributed by atoms with van der Waals surface area (Å²) >= 11 is 0. The first-order valence-corrected chi connectivity index (χ1v) is 5.83. The van der Waals surface area contributed by atoms with Gasteiger partial charge in [-0.2, -0.15) is 0 Å². The molecule has 1 aromatic carbocycles. The van der Waals surface area contributed by atoms with Crippen molar-refractivity contribution in [2.75, 3.05) is 20.8 Å². The van der Waals surface area contributed by atoms with Crippen LogP contribution in [0.2, 0.25) is 0 Å². The summed E-state index contributed by atoms with van der Waals surface area (Å²) in [6.45, 7) is 2.62. The van der Waals surface area contributed by atoms with Crippen LogP contribution in [0, 0.1) is 0 Å². The summed E-state index contributed by atoms with van der Waals surface area (Å²) in [4.78, 5) is 0. The lowest BCUT2D eigenvalue weighted by Gasteiger charge is -2.17. The largest absolute Gasteiger partial charge is 0.496 e. The van der Waals surface area contributed by atoms with E-state index in [1.54, 1.807) is 14.2 Å². The standard InChI is InChI=1S/C13H21NO3/c1-4-5-10(9-14)17-13-7-11(15-2)6-12(8-13)16-3/h6-8,10H,4-5,9,14H2,1-3H3. The Morgan fingerprint density at radius 2 is 1.59 bits per heavy atom. The monoisotopic (exact) mass is 239 g/mol. The lowest BCUT2D eigenvalue weighted by Crippen LogP contribution is -2.26. The average Bonchev–Trinajstić information content (AvgIpc) is 2.37. The number of rotatable bonds is 7. The molecule has 0 radical (unpaired) electrons. The molecule has 0 aliphatic heterocycles. The summed E-state index contributed by atoms with van der Waals surface area (Å²) in [7, 11) is 3.23. The maximum absolute atomic E-state index is 5.80. The van der Waals surface area contributed by atoms with Gasteiger partial charge in [0.25, 0.3) is 0 Å². The van der Waals surface area contributed by atoms with E-state index in [1.165, 1.54) is 0 Å². The van der Waals surface area contributed by atoms with Crippen molar-refractivity contribution in [1.29, 1.82) is 0 Å². The summed E-state index contributed by atoms with van der Waals surface area (Å²) in [5.74, 6) is 2.16. The minimum atomic E-state index is 0.0387. The second-order valence-corrected chi connectivity index (χ2v) is 3.81. The number of hydrogen-bond donors (Lipinski definition) is 1. The molecule has 0 saturated carbocycles. The van der Waals surface area contributed by atoms with Crippen molar-refractivity contribution < 1.29 is 14.2 Å². The second-order valence-electron chi connectivity index (χ2n) is 3.81. The molecule has 4 nitrogen and oxygen atoms in total. The Balaban J connectivity index is 2.81. The van der Waals surface area contributed by atoms with Crippen LogP contribution in [0.4, 0.5) is 0 Å². The number of ether oxygens (including phenoxy) is 3. The fourth-order valence-corrected chi connectivity index (χ4v) is 1.59. The molecule has 0 heterocycles. The first kappa shape index (κ1) is 13.6. The third kappa shape index (κ3) is 4.15. The van der Waals surface area contributed by atoms with Gasteiger partial charge in [-0.15, -0.1) is 0 Å². The van der Waals surface area contributed by atoms with E-state index < -0.39 is 0 Å². The maximum Gasteiger partial charge on any atom is 0.127 e. The quantitative estimate of drug-likeness (QED) is 0.792. The van der Waals surface area contributed by atoms with Crippen LogP contribution in [0.1, 0.15) is 19.8 Å². The van der Waals surface area contributed by atoms with Crippen LogP contribution >= 0.6 is 0 Å². The number of hydrogen-bond acceptors (Lipinski definition) is 4. The van der Waals surface area contributed by atoms with Gasteiger partial charge in [0.05, 0.1) is 14.2 Å². The van der Waals surface area contributed by atoms with Crippen molar-refractivity contribution >= 4 is 0 Å². The predicted octanol–water partition coefficient (Wildman–Crippen LogP) is 2.21. The van der Waals surface area contributed by atoms with Gasteiger partial charge in [0.2, 0.25) is 0 Å². The first-order valence-electron chi connectivity index (χ1n) is 5.83. The molecule has 0 spiro atoms. The predicted molar refractivity (Wildman–Crippen MR) is 67.9 cm³/mol. The third-order valence-corrected chi connectivity index (χ3v) is 2.50. The molecule has 17 heavy (non-hydrogen) atoms. The summed E-state index contributed by atoms with van der Waals surface area (Å²) in [5.41, 5.74) is 5.66. The molecular formula is C13H21NO3. The minimum absolute atomic E-state index is 0.0387. The Bertz CT molecular complexity index is 319. The van der Waals surface area contributed by atoms with Crippen molar-refractivity contribution in [1.82, 2.24) is 0 Å². The average molecular weight is 239 g/mol. The van der Waals surface area contributed by atoms with Crippen molar-refractivity contribution in [3.05, 3.63) is 18.2 Å². The van der Waals surface area contributed by atoms with Gasteiger partial charge in [-0.05, 0) is 6.42 Å². The van der Waals surface area contributed by atoms with E-state index in [2.05, 4.69) is 6.92 Å². The van der Waals surface area contributed by atoms with E-state index in [4.69, 9.17) is 19.9 Å². The van der Waals surface area contributed by atoms with E-state index in [1.807, 2.05) is 18.2 Å². The SMILES string of the molecule is CCCC(CN)Oc1cc(OC)cc(OC)c1. The van der Waals surface area contributed by atoms with E-state index in [0.717, 1.165) is 18.6 Å². The fraction of sp³-hybridized carbons (Fsp3) is 0.538. The van der Waals surface area contributed by atoms with Crippen molar-refractivity contribution in [2.45, 2.75) is 25.9 Å². The lowest BCUT2D eigenvalue weighted by molar-refractivity contribution is 0.196. The fourth-order valence-electron chi connectivity index (χ4n) is 1.59. The highest BCUT2D eigenvalue weighted by Crippen LogP contribution is 2.28. The molecule has 0 fully saturated rings. The molecule has 1 unspecified atom stereocenters. The maximum atomic E-state index is 5.80. The Labute approximate surface area is 103 Å². The Morgan fingerprint density at radius 1 is 1.06 bits per heavy atom. The van der Waals surface area contributed by atoms with Gasteiger partial charge in [0.1, 0.15) is 23.4 Å². The molecule has 0 amide bonds. The molecule has 0 aliphatic rings. The number of benzene rings is 1. The van der Waals surface area contributed by atoms with Crippen LogP contribution in [-0.2, 0) is 0 Å². The highest BCUT2D eigenvalue weighted by atomic mass is 16.5. The molecule has 0 bridgehead atoms. The summed E-state index contributed by atoms with van der Waals surface area (Å²) in [5, 5.41) is 0. The zero-order valence-electron chi connectivity index (χ0n) is 10.7. The van der Waals surface area contributed by atoms with E-state index in [9.17, 15) is 0 Å². The summed E-state index contributed by atoms with van der Waals surface area (Å²) in [6, 6.07) is 5.48. The Morgan fingerprint density at radius 3 is 2.00 bits per heavy atom. The molecule has 1 aromatic rings. The summed E-state index contributed by atoms with van der Waals surface area (Å²) < 4.78 is 16.2. The van der Waals surface area contributed by atoms with Crippen molar-refractivity contribution in [2.24, 2.45) is 5.73 Å². The molecule has 0 aliphatic carbocycles. The van der Waals surface area contributed by atoms with Gasteiger partial charge in [0, 0.05) is 24.7 Å². The molecule has 0 saturated heterocycles. The van der Waals surface area contributed by atoms with E-state index in [-0.39, 0.29) is 6.10 Å². The van der Waals surface area contributed by atoms with Gasteiger partial charge in [0.15, 0.2) is 0 Å². The van der Waals surface area contributed by atoms with Gasteiger partial charge in [-0.1, -0.05) is 13.3 Å². The molecule has 0 aromatic heterocycles. The first-order chi connectivity index (χ1) is 8.23. The smallest absolute Gasteiger partial charge is 0.127 e. The van der Waals surface area contributed by atoms with Crippen LogP contribution in [-0.4, -0.2) is 26.9 Å². The van der Waals surface area contributed by atoms with Crippen LogP contribution in [0.3, 0.4) is 0 Å². The van der Waals surface area contributed by atoms with Crippen LogP contribution in [0.25, 0.3) is 0 Å². The zero-order valence-corrected chi connectivity index (χ0v) is 10.7. The highest BCUT2D eigenvalue weighted by Gasteiger charge is 2.09. The van der Waals surface area contributed by atoms with E-state index >= 15 is 0 Å². The van der Waals surface area contributed by atoms with Crippen LogP contribution in [0.15, 0.2) is 18.2 Å². The number of methoxy groups -OCH3 is 2. The van der Waals surface area contributed by atoms with Crippen LogP contribution in [0.5, 0.6) is 17.2 Å². The molecule has 1 rings (SSSR count). The van der Waals surface area contributed by atoms with Gasteiger partial charge >= 0.3 is 0 Å². The minimum Gasteiger partial charge on any atom is -0.496 e. The van der Waals surface area contributed by atoms with Crippen LogP contribution < -0.4 is 19.9 Å². The van der Waals surface area contributed by atoms with Gasteiger partial charge < -0.3 is 19.9 Å². The molecule has 96 valence electrons. The topological polar surface area (TPSA) is 53.7 Å². The lowest BCUT2D eigenvalue weighted by atomic mass is 10.2. The van der Waals surface area contributed by atoms with Crippen molar-refractivity contribution in [3.8, 4) is 17.2 Å². The second kappa shape index (κ2) is 7.01. The molecule has 2 N–H and O–H groups in total. The van der Waals surface area contributed by atoms with E-state index in [0.29, 0.717) is 18.0 Å². The van der Waals surface area contributed by atoms with Gasteiger partial charge in [-0.3, -0.25) is 0 Å².